The third-order valence-electron chi connectivity index (χ3n) is 14.2. The Morgan fingerprint density at radius 2 is 1.54 bits per heavy atom. The highest BCUT2D eigenvalue weighted by atomic mass is 16.7. The van der Waals surface area contributed by atoms with Crippen molar-refractivity contribution in [3.63, 3.8) is 0 Å². The predicted molar refractivity (Wildman–Crippen MR) is 234 cm³/mol. The van der Waals surface area contributed by atoms with Crippen LogP contribution in [0.5, 0.6) is 0 Å². The molecule has 5 fully saturated rings. The summed E-state index contributed by atoms with van der Waals surface area (Å²) in [6.07, 6.45) is 2.48. The van der Waals surface area contributed by atoms with Gasteiger partial charge in [0.15, 0.2) is 0 Å². The minimum atomic E-state index is -1.51. The number of nitrogens with two attached hydrogens (primary N) is 1. The summed E-state index contributed by atoms with van der Waals surface area (Å²) in [6.45, 7) is 18.0. The SMILES string of the molecule is Cc1ccc(C)c(CC[C@H](NC(=O)[C@H]2CCCN2C(=O)[C@@H](NC(=O)[C@@H](NC(=O)[C@H](CCC(=O)O)NC(=O)[C@@H](N)CC(=O)O)C(C)C)C(C)C)B2O[C@@H]3C[C@@H]4C[C@@H](C4(C)C)[C@]3(C)O2)c1. The highest BCUT2D eigenvalue weighted by Gasteiger charge is 2.68. The summed E-state index contributed by atoms with van der Waals surface area (Å²) in [5.74, 6) is -6.53. The van der Waals surface area contributed by atoms with Gasteiger partial charge in [-0.3, -0.25) is 33.6 Å². The van der Waals surface area contributed by atoms with Crippen LogP contribution in [-0.2, 0) is 49.3 Å². The second-order valence-corrected chi connectivity index (χ2v) is 19.8. The van der Waals surface area contributed by atoms with Crippen LogP contribution in [-0.4, -0.2) is 118 Å². The van der Waals surface area contributed by atoms with Crippen molar-refractivity contribution in [3.05, 3.63) is 34.9 Å². The first-order valence-electron chi connectivity index (χ1n) is 22.5. The van der Waals surface area contributed by atoms with Gasteiger partial charge in [-0.2, -0.15) is 0 Å². The quantitative estimate of drug-likeness (QED) is 0.0933. The maximum absolute atomic E-state index is 14.4. The van der Waals surface area contributed by atoms with E-state index in [0.717, 1.165) is 24.0 Å². The summed E-state index contributed by atoms with van der Waals surface area (Å²) < 4.78 is 13.6. The number of nitrogens with one attached hydrogen (secondary N) is 4. The van der Waals surface area contributed by atoms with Crippen LogP contribution < -0.4 is 27.0 Å². The average Bonchev–Trinajstić information content (AvgIpc) is 3.84. The smallest absolute Gasteiger partial charge is 0.481 e. The van der Waals surface area contributed by atoms with Gasteiger partial charge in [0.25, 0.3) is 0 Å². The standard InChI is InChI=1S/C45H69BN6O11/c1-23(2)37(50-40(58)30(15-17-35(53)54)48-39(57)29(47)22-36(55)56)42(60)51-38(24(3)4)43(61)52-18-10-11-31(52)41(59)49-34(16-14-27-19-25(5)12-13-26(27)6)46-62-33-21-28-20-32(44(28,7)8)45(33,9)63-46/h12-13,19,23-24,28-34,37-38H,10-11,14-18,20-22,47H2,1-9H3,(H,48,57)(H,49,59)(H,50,58)(H,51,60)(H,53,54)(H,55,56)/t28-,29-,30-,31+,32-,33+,34-,37-,38-,45-/m0/s1. The Hall–Kier alpha value is -4.55. The summed E-state index contributed by atoms with van der Waals surface area (Å²) in [5, 5.41) is 29.3. The largest absolute Gasteiger partial charge is 0.481 e. The van der Waals surface area contributed by atoms with Gasteiger partial charge in [0.2, 0.25) is 29.5 Å². The first kappa shape index (κ1) is 49.5. The fourth-order valence-corrected chi connectivity index (χ4v) is 10.1. The summed E-state index contributed by atoms with van der Waals surface area (Å²) in [7, 11) is -0.681. The number of carbonyl (C=O) groups is 7. The molecule has 5 aliphatic rings. The Morgan fingerprint density at radius 3 is 2.16 bits per heavy atom. The third kappa shape index (κ3) is 11.2. The highest BCUT2D eigenvalue weighted by Crippen LogP contribution is 2.65. The molecule has 0 aromatic heterocycles. The Labute approximate surface area is 371 Å². The zero-order valence-electron chi connectivity index (χ0n) is 38.3. The second kappa shape index (κ2) is 20.1. The van der Waals surface area contributed by atoms with Crippen LogP contribution in [0.3, 0.4) is 0 Å². The maximum Gasteiger partial charge on any atom is 0.481 e. The molecule has 2 saturated heterocycles. The number of hydrogen-bond acceptors (Lipinski definition) is 10. The minimum Gasteiger partial charge on any atom is -0.481 e. The van der Waals surface area contributed by atoms with Crippen LogP contribution in [0.1, 0.15) is 117 Å². The third-order valence-corrected chi connectivity index (χ3v) is 14.2. The van der Waals surface area contributed by atoms with E-state index in [1.54, 1.807) is 27.7 Å². The minimum absolute atomic E-state index is 0.0877. The molecule has 0 radical (unpaired) electrons. The van der Waals surface area contributed by atoms with Gasteiger partial charge in [-0.25, -0.2) is 0 Å². The molecule has 8 N–H and O–H groups in total. The zero-order chi connectivity index (χ0) is 46.7. The number of aliphatic carboxylic acids is 2. The van der Waals surface area contributed by atoms with E-state index in [1.165, 1.54) is 10.5 Å². The topological polar surface area (TPSA) is 256 Å². The normalized spacial score (nSPS) is 25.8. The van der Waals surface area contributed by atoms with Crippen LogP contribution in [0.4, 0.5) is 0 Å². The van der Waals surface area contributed by atoms with E-state index in [-0.39, 0.29) is 30.4 Å². The lowest BCUT2D eigenvalue weighted by atomic mass is 9.43. The van der Waals surface area contributed by atoms with Crippen LogP contribution in [0, 0.1) is 42.9 Å². The van der Waals surface area contributed by atoms with E-state index >= 15 is 0 Å². The fraction of sp³-hybridized carbons (Fsp3) is 0.711. The van der Waals surface area contributed by atoms with Crippen LogP contribution in [0.25, 0.3) is 0 Å². The van der Waals surface area contributed by atoms with Gasteiger partial charge in [-0.1, -0.05) is 65.3 Å². The number of amides is 5. The Kier molecular flexibility index (Phi) is 15.8. The van der Waals surface area contributed by atoms with E-state index in [9.17, 15) is 38.7 Å². The van der Waals surface area contributed by atoms with Crippen LogP contribution in [0.15, 0.2) is 18.2 Å². The van der Waals surface area contributed by atoms with E-state index in [4.69, 9.17) is 20.1 Å². The van der Waals surface area contributed by atoms with Gasteiger partial charge in [-0.15, -0.1) is 0 Å². The molecule has 2 heterocycles. The Bertz CT molecular complexity index is 1910. The molecule has 348 valence electrons. The van der Waals surface area contributed by atoms with E-state index in [1.807, 2.05) is 0 Å². The molecule has 18 heteroatoms. The van der Waals surface area contributed by atoms with Gasteiger partial charge in [0.1, 0.15) is 24.2 Å². The molecule has 0 unspecified atom stereocenters. The van der Waals surface area contributed by atoms with Crippen molar-refractivity contribution in [2.75, 3.05) is 6.54 Å². The van der Waals surface area contributed by atoms with Gasteiger partial charge in [0.05, 0.1) is 30.1 Å². The molecular weight excluding hydrogens is 811 g/mol. The average molecular weight is 881 g/mol. The molecule has 1 aromatic rings. The van der Waals surface area contributed by atoms with Gasteiger partial charge in [-0.05, 0) is 106 Å². The molecule has 3 saturated carbocycles. The number of aryl methyl sites for hydroxylation is 3. The number of carbonyl (C=O) groups excluding carboxylic acids is 5. The van der Waals surface area contributed by atoms with Gasteiger partial charge in [0, 0.05) is 13.0 Å². The molecule has 3 aliphatic carbocycles. The first-order chi connectivity index (χ1) is 29.4. The molecule has 17 nitrogen and oxygen atoms in total. The lowest BCUT2D eigenvalue weighted by Crippen LogP contribution is -2.65. The number of nitrogens with zero attached hydrogens (tertiary/aromatic N) is 1. The van der Waals surface area contributed by atoms with Crippen LogP contribution >= 0.6 is 0 Å². The summed E-state index contributed by atoms with van der Waals surface area (Å²) >= 11 is 0. The molecule has 6 rings (SSSR count). The lowest BCUT2D eigenvalue weighted by Gasteiger charge is -2.64. The van der Waals surface area contributed by atoms with Gasteiger partial charge < -0.3 is 51.4 Å². The molecule has 10 atom stereocenters. The predicted octanol–water partition coefficient (Wildman–Crippen LogP) is 2.41. The number of carboxylic acids is 2. The van der Waals surface area contributed by atoms with Crippen molar-refractivity contribution in [1.82, 2.24) is 26.2 Å². The van der Waals surface area contributed by atoms with E-state index in [2.05, 4.69) is 74.1 Å². The van der Waals surface area contributed by atoms with Gasteiger partial charge >= 0.3 is 19.1 Å². The van der Waals surface area contributed by atoms with E-state index < -0.39 is 109 Å². The van der Waals surface area contributed by atoms with Crippen molar-refractivity contribution >= 4 is 48.6 Å². The number of carboxylic acid groups (broad SMARTS) is 2. The fourth-order valence-electron chi connectivity index (χ4n) is 10.1. The van der Waals surface area contributed by atoms with E-state index in [0.29, 0.717) is 37.5 Å². The number of hydrogen-bond donors (Lipinski definition) is 7. The highest BCUT2D eigenvalue weighted by molar-refractivity contribution is 6.48. The molecule has 2 aliphatic heterocycles. The molecule has 63 heavy (non-hydrogen) atoms. The maximum atomic E-state index is 14.4. The lowest BCUT2D eigenvalue weighted by molar-refractivity contribution is -0.199. The molecule has 0 spiro atoms. The van der Waals surface area contributed by atoms with Crippen LogP contribution in [0.2, 0.25) is 0 Å². The zero-order valence-corrected chi connectivity index (χ0v) is 38.3. The van der Waals surface area contributed by atoms with Crippen molar-refractivity contribution in [2.24, 2.45) is 34.8 Å². The first-order valence-corrected chi connectivity index (χ1v) is 22.5. The van der Waals surface area contributed by atoms with Crippen molar-refractivity contribution < 1.29 is 53.1 Å². The Balaban J connectivity index is 1.30. The molecule has 1 aromatic carbocycles. The number of likely N-dealkylation sites (tertiary alicyclic amines) is 1. The number of rotatable bonds is 20. The van der Waals surface area contributed by atoms with Crippen molar-refractivity contribution in [3.8, 4) is 0 Å². The molecular formula is C45H69BN6O11. The number of benzene rings is 1. The molecule has 5 amide bonds. The summed E-state index contributed by atoms with van der Waals surface area (Å²) in [5.41, 5.74) is 8.78. The summed E-state index contributed by atoms with van der Waals surface area (Å²) in [4.78, 5) is 93.0. The molecule has 2 bridgehead atoms. The van der Waals surface area contributed by atoms with Crippen molar-refractivity contribution in [1.29, 1.82) is 0 Å². The second-order valence-electron chi connectivity index (χ2n) is 19.8. The monoisotopic (exact) mass is 881 g/mol. The van der Waals surface area contributed by atoms with Crippen molar-refractivity contribution in [2.45, 2.75) is 168 Å². The summed E-state index contributed by atoms with van der Waals surface area (Å²) in [6, 6.07) is 0.229. The Morgan fingerprint density at radius 1 is 0.873 bits per heavy atom.